The standard InChI is InChI=1S/C16H14N4O2S/c21-14(12-7-3-1-4-8-12)18-16-17-11-19(23)20(16)15(22)13-9-5-2-6-10-13/h1-11,16,23H,(H,18,21). The molecule has 0 bridgehead atoms. The van der Waals surface area contributed by atoms with E-state index in [9.17, 15) is 9.59 Å². The smallest absolute Gasteiger partial charge is 0.276 e. The molecule has 1 aliphatic rings. The van der Waals surface area contributed by atoms with Crippen LogP contribution in [0.5, 0.6) is 0 Å². The average molecular weight is 326 g/mol. The van der Waals surface area contributed by atoms with Crippen molar-refractivity contribution in [2.45, 2.75) is 6.29 Å². The van der Waals surface area contributed by atoms with E-state index in [4.69, 9.17) is 0 Å². The van der Waals surface area contributed by atoms with Crippen LogP contribution in [-0.2, 0) is 0 Å². The molecule has 3 rings (SSSR count). The van der Waals surface area contributed by atoms with Crippen molar-refractivity contribution in [1.82, 2.24) is 14.7 Å². The summed E-state index contributed by atoms with van der Waals surface area (Å²) >= 11 is 4.18. The van der Waals surface area contributed by atoms with Gasteiger partial charge in [-0.05, 0) is 37.1 Å². The molecule has 1 heterocycles. The number of amides is 2. The lowest BCUT2D eigenvalue weighted by Gasteiger charge is -2.28. The van der Waals surface area contributed by atoms with Crippen LogP contribution in [0.4, 0.5) is 0 Å². The quantitative estimate of drug-likeness (QED) is 0.847. The fraction of sp³-hybridized carbons (Fsp3) is 0.0625. The van der Waals surface area contributed by atoms with Crippen molar-refractivity contribution in [2.24, 2.45) is 4.99 Å². The number of nitrogens with one attached hydrogen (secondary N) is 1. The Morgan fingerprint density at radius 3 is 2.13 bits per heavy atom. The van der Waals surface area contributed by atoms with Gasteiger partial charge in [0.25, 0.3) is 11.8 Å². The summed E-state index contributed by atoms with van der Waals surface area (Å²) in [6, 6.07) is 17.5. The highest BCUT2D eigenvalue weighted by Crippen LogP contribution is 2.17. The Kier molecular flexibility index (Phi) is 4.29. The van der Waals surface area contributed by atoms with Crippen LogP contribution >= 0.6 is 12.8 Å². The van der Waals surface area contributed by atoms with Crippen LogP contribution in [0.25, 0.3) is 0 Å². The van der Waals surface area contributed by atoms with Crippen molar-refractivity contribution in [3.05, 3.63) is 71.8 Å². The van der Waals surface area contributed by atoms with Gasteiger partial charge in [0.05, 0.1) is 0 Å². The summed E-state index contributed by atoms with van der Waals surface area (Å²) in [5, 5.41) is 3.97. The molecule has 0 spiro atoms. The van der Waals surface area contributed by atoms with Crippen molar-refractivity contribution < 1.29 is 9.59 Å². The predicted octanol–water partition coefficient (Wildman–Crippen LogP) is 1.95. The molecule has 2 aromatic carbocycles. The lowest BCUT2D eigenvalue weighted by molar-refractivity contribution is 0.0435. The summed E-state index contributed by atoms with van der Waals surface area (Å²) in [5.74, 6) is -0.626. The molecule has 2 amide bonds. The molecular weight excluding hydrogens is 312 g/mol. The minimum Gasteiger partial charge on any atom is -0.312 e. The number of hydrazine groups is 1. The van der Waals surface area contributed by atoms with E-state index in [-0.39, 0.29) is 11.8 Å². The van der Waals surface area contributed by atoms with Crippen molar-refractivity contribution >= 4 is 31.0 Å². The molecule has 0 radical (unpaired) electrons. The van der Waals surface area contributed by atoms with E-state index in [1.807, 2.05) is 12.1 Å². The monoisotopic (exact) mass is 326 g/mol. The zero-order valence-corrected chi connectivity index (χ0v) is 12.9. The van der Waals surface area contributed by atoms with Gasteiger partial charge >= 0.3 is 0 Å². The van der Waals surface area contributed by atoms with Crippen LogP contribution < -0.4 is 5.32 Å². The van der Waals surface area contributed by atoms with Gasteiger partial charge in [-0.15, -0.1) is 0 Å². The first-order chi connectivity index (χ1) is 11.2. The SMILES string of the molecule is O=C(NC1N=CN(S)N1C(=O)c1ccccc1)c1ccccc1. The highest BCUT2D eigenvalue weighted by Gasteiger charge is 2.33. The normalized spacial score (nSPS) is 16.5. The molecule has 1 unspecified atom stereocenters. The molecule has 0 aliphatic carbocycles. The van der Waals surface area contributed by atoms with Gasteiger partial charge in [-0.3, -0.25) is 9.59 Å². The molecule has 1 atom stereocenters. The topological polar surface area (TPSA) is 65.0 Å². The second kappa shape index (κ2) is 6.53. The number of thiol groups is 1. The van der Waals surface area contributed by atoms with Gasteiger partial charge in [0.15, 0.2) is 0 Å². The van der Waals surface area contributed by atoms with E-state index in [1.165, 1.54) is 15.8 Å². The maximum atomic E-state index is 12.6. The van der Waals surface area contributed by atoms with Gasteiger partial charge in [-0.25, -0.2) is 9.41 Å². The Balaban J connectivity index is 1.77. The predicted molar refractivity (Wildman–Crippen MR) is 89.6 cm³/mol. The minimum absolute atomic E-state index is 0.309. The van der Waals surface area contributed by atoms with Gasteiger partial charge in [0.2, 0.25) is 6.29 Å². The maximum absolute atomic E-state index is 12.6. The third-order valence-corrected chi connectivity index (χ3v) is 3.58. The summed E-state index contributed by atoms with van der Waals surface area (Å²) in [4.78, 5) is 28.9. The van der Waals surface area contributed by atoms with Crippen LogP contribution in [0.15, 0.2) is 65.7 Å². The Labute approximate surface area is 138 Å². The number of aliphatic imine (C=N–C) groups is 1. The highest BCUT2D eigenvalue weighted by atomic mass is 32.1. The lowest BCUT2D eigenvalue weighted by Crippen LogP contribution is -2.50. The van der Waals surface area contributed by atoms with Gasteiger partial charge < -0.3 is 5.32 Å². The molecular formula is C16H14N4O2S. The molecule has 6 nitrogen and oxygen atoms in total. The Morgan fingerprint density at radius 1 is 0.957 bits per heavy atom. The molecule has 1 aliphatic heterocycles. The Bertz CT molecular complexity index is 736. The van der Waals surface area contributed by atoms with Crippen LogP contribution in [-0.4, -0.2) is 33.9 Å². The van der Waals surface area contributed by atoms with E-state index in [2.05, 4.69) is 23.1 Å². The van der Waals surface area contributed by atoms with Gasteiger partial charge in [0.1, 0.15) is 6.34 Å². The van der Waals surface area contributed by atoms with Crippen LogP contribution in [0.2, 0.25) is 0 Å². The first-order valence-electron chi connectivity index (χ1n) is 6.92. The second-order valence-electron chi connectivity index (χ2n) is 4.81. The number of hydrogen-bond acceptors (Lipinski definition) is 5. The fourth-order valence-corrected chi connectivity index (χ4v) is 2.40. The van der Waals surface area contributed by atoms with Gasteiger partial charge in [-0.1, -0.05) is 36.4 Å². The van der Waals surface area contributed by atoms with E-state index in [0.717, 1.165) is 0 Å². The van der Waals surface area contributed by atoms with Crippen molar-refractivity contribution in [3.8, 4) is 0 Å². The first-order valence-corrected chi connectivity index (χ1v) is 7.32. The van der Waals surface area contributed by atoms with Gasteiger partial charge in [0, 0.05) is 11.1 Å². The molecule has 0 aromatic heterocycles. The lowest BCUT2D eigenvalue weighted by atomic mass is 10.2. The van der Waals surface area contributed by atoms with Crippen molar-refractivity contribution in [1.29, 1.82) is 0 Å². The molecule has 0 saturated heterocycles. The maximum Gasteiger partial charge on any atom is 0.276 e. The Morgan fingerprint density at radius 2 is 1.52 bits per heavy atom. The van der Waals surface area contributed by atoms with Crippen molar-refractivity contribution in [3.63, 3.8) is 0 Å². The third-order valence-electron chi connectivity index (χ3n) is 3.29. The number of benzene rings is 2. The number of hydrogen-bond donors (Lipinski definition) is 2. The molecule has 116 valence electrons. The van der Waals surface area contributed by atoms with E-state index >= 15 is 0 Å². The summed E-state index contributed by atoms with van der Waals surface area (Å²) in [6.07, 6.45) is 0.535. The minimum atomic E-state index is -0.840. The number of rotatable bonds is 3. The molecule has 7 heteroatoms. The zero-order valence-electron chi connectivity index (χ0n) is 12.0. The van der Waals surface area contributed by atoms with E-state index in [1.54, 1.807) is 48.5 Å². The van der Waals surface area contributed by atoms with Crippen molar-refractivity contribution in [2.75, 3.05) is 0 Å². The van der Waals surface area contributed by atoms with Crippen LogP contribution in [0.3, 0.4) is 0 Å². The van der Waals surface area contributed by atoms with Crippen LogP contribution in [0, 0.1) is 0 Å². The molecule has 1 N–H and O–H groups in total. The summed E-state index contributed by atoms with van der Waals surface area (Å²) in [5.41, 5.74) is 0.975. The highest BCUT2D eigenvalue weighted by molar-refractivity contribution is 7.78. The van der Waals surface area contributed by atoms with E-state index in [0.29, 0.717) is 11.1 Å². The molecule has 23 heavy (non-hydrogen) atoms. The average Bonchev–Trinajstić information content (AvgIpc) is 2.96. The summed E-state index contributed by atoms with van der Waals surface area (Å²) in [7, 11) is 0. The second-order valence-corrected chi connectivity index (χ2v) is 5.22. The third kappa shape index (κ3) is 3.19. The number of carbonyl (C=O) groups excluding carboxylic acids is 2. The molecule has 0 saturated carbocycles. The number of nitrogens with zero attached hydrogens (tertiary/aromatic N) is 3. The molecule has 0 fully saturated rings. The zero-order chi connectivity index (χ0) is 16.2. The summed E-state index contributed by atoms with van der Waals surface area (Å²) < 4.78 is 1.26. The van der Waals surface area contributed by atoms with Crippen LogP contribution in [0.1, 0.15) is 20.7 Å². The fourth-order valence-electron chi connectivity index (χ4n) is 2.16. The summed E-state index contributed by atoms with van der Waals surface area (Å²) in [6.45, 7) is 0. The molecule has 2 aromatic rings. The number of carbonyl (C=O) groups is 2. The Hall–Kier alpha value is -2.80. The largest absolute Gasteiger partial charge is 0.312 e. The van der Waals surface area contributed by atoms with E-state index < -0.39 is 6.29 Å². The van der Waals surface area contributed by atoms with Gasteiger partial charge in [-0.2, -0.15) is 5.01 Å². The first kappa shape index (κ1) is 15.1.